The average molecular weight is 991 g/mol. The molecule has 0 spiro atoms. The summed E-state index contributed by atoms with van der Waals surface area (Å²) in [5.74, 6) is 3.34. The zero-order valence-corrected chi connectivity index (χ0v) is 42.9. The van der Waals surface area contributed by atoms with Crippen molar-refractivity contribution in [3.63, 3.8) is 0 Å². The highest BCUT2D eigenvalue weighted by Gasteiger charge is 2.33. The number of hydrogen-bond donors (Lipinski definition) is 3. The first kappa shape index (κ1) is 56.1. The molecule has 4 N–H and O–H groups in total. The summed E-state index contributed by atoms with van der Waals surface area (Å²) in [7, 11) is 0. The number of ketones is 1. The second-order valence-electron chi connectivity index (χ2n) is 20.2. The fraction of sp³-hybridized carbons (Fsp3) is 0.369. The lowest BCUT2D eigenvalue weighted by atomic mass is 9.77. The minimum absolute atomic E-state index is 0.219. The Morgan fingerprint density at radius 1 is 0.554 bits per heavy atom. The average Bonchev–Trinajstić information content (AvgIpc) is 3.47. The van der Waals surface area contributed by atoms with Crippen molar-refractivity contribution in [2.75, 3.05) is 6.54 Å². The number of benzene rings is 5. The molecule has 3 atom stereocenters. The Morgan fingerprint density at radius 2 is 0.932 bits per heavy atom. The predicted molar refractivity (Wildman–Crippen MR) is 294 cm³/mol. The van der Waals surface area contributed by atoms with E-state index in [1.807, 2.05) is 48.5 Å². The minimum atomic E-state index is -1.06. The van der Waals surface area contributed by atoms with E-state index in [9.17, 15) is 24.7 Å². The van der Waals surface area contributed by atoms with Gasteiger partial charge in [0.15, 0.2) is 5.60 Å². The van der Waals surface area contributed by atoms with Crippen LogP contribution in [0.25, 0.3) is 0 Å². The molecule has 0 aromatic heterocycles. The van der Waals surface area contributed by atoms with Crippen LogP contribution in [0.4, 0.5) is 4.79 Å². The second-order valence-corrected chi connectivity index (χ2v) is 20.2. The fourth-order valence-corrected chi connectivity index (χ4v) is 10.5. The Morgan fingerprint density at radius 3 is 1.27 bits per heavy atom. The Bertz CT molecular complexity index is 2660. The topological polar surface area (TPSA) is 169 Å². The van der Waals surface area contributed by atoms with Crippen LogP contribution in [0.1, 0.15) is 167 Å². The van der Waals surface area contributed by atoms with Crippen molar-refractivity contribution in [3.05, 3.63) is 214 Å². The van der Waals surface area contributed by atoms with E-state index in [-0.39, 0.29) is 6.54 Å². The van der Waals surface area contributed by atoms with Crippen molar-refractivity contribution in [2.45, 2.75) is 144 Å². The highest BCUT2D eigenvalue weighted by Crippen LogP contribution is 2.38. The van der Waals surface area contributed by atoms with Crippen LogP contribution >= 0.6 is 0 Å². The van der Waals surface area contributed by atoms with E-state index < -0.39 is 11.6 Å². The number of allylic oxidation sites excluding steroid dienone is 5. The molecule has 5 aromatic rings. The summed E-state index contributed by atoms with van der Waals surface area (Å²) >= 11 is 0. The number of aldehydes is 1. The Labute approximate surface area is 439 Å². The lowest BCUT2D eigenvalue weighted by molar-refractivity contribution is -0.120. The van der Waals surface area contributed by atoms with Crippen LogP contribution < -0.4 is 5.73 Å². The van der Waals surface area contributed by atoms with Gasteiger partial charge in [-0.05, 0) is 159 Å². The number of amides is 2. The molecule has 9 heteroatoms. The Balaban J connectivity index is 0.000000151. The molecule has 0 aliphatic heterocycles. The van der Waals surface area contributed by atoms with Gasteiger partial charge in [-0.3, -0.25) is 14.8 Å². The number of carbonyl (C=O) groups is 3. The SMILES string of the molecule is N#CC1(O)CCC(c2ccccc2)CC1.N#CC1=CCC(c2ccccc2)CC1.NC(=O)N(O)CC1=CCC(c2ccccc2)CC1.O=C1CCC(c2ccccc2)CC1.O=CC1=CCC(c2ccccc2)CC1. The first-order valence-corrected chi connectivity index (χ1v) is 26.6. The number of rotatable bonds is 8. The van der Waals surface area contributed by atoms with Crippen molar-refractivity contribution in [3.8, 4) is 12.1 Å². The van der Waals surface area contributed by atoms with E-state index in [0.717, 1.165) is 119 Å². The van der Waals surface area contributed by atoms with Crippen LogP contribution in [0.3, 0.4) is 0 Å². The molecule has 3 unspecified atom stereocenters. The summed E-state index contributed by atoms with van der Waals surface area (Å²) in [6, 6.07) is 55.8. The normalized spacial score (nSPS) is 22.3. The molecule has 2 amide bonds. The molecule has 0 saturated heterocycles. The molecule has 2 saturated carbocycles. The highest BCUT2D eigenvalue weighted by atomic mass is 16.5. The molecule has 9 nitrogen and oxygen atoms in total. The molecule has 5 aliphatic carbocycles. The van der Waals surface area contributed by atoms with Crippen LogP contribution in [0.15, 0.2) is 187 Å². The predicted octanol–water partition coefficient (Wildman–Crippen LogP) is 14.6. The smallest absolute Gasteiger partial charge is 0.338 e. The number of nitriles is 2. The third-order valence-corrected chi connectivity index (χ3v) is 15.2. The molecule has 0 bridgehead atoms. The number of hydrogen-bond acceptors (Lipinski definition) is 7. The first-order valence-electron chi connectivity index (χ1n) is 26.6. The zero-order valence-electron chi connectivity index (χ0n) is 42.9. The van der Waals surface area contributed by atoms with E-state index in [0.29, 0.717) is 53.3 Å². The molecular weight excluding hydrogens is 917 g/mol. The molecule has 0 radical (unpaired) electrons. The molecular formula is C65H74N4O5. The molecule has 384 valence electrons. The van der Waals surface area contributed by atoms with Crippen molar-refractivity contribution < 1.29 is 24.7 Å². The Kier molecular flexibility index (Phi) is 22.9. The molecule has 0 heterocycles. The maximum atomic E-state index is 11.0. The highest BCUT2D eigenvalue weighted by molar-refractivity contribution is 5.79. The number of urea groups is 1. The van der Waals surface area contributed by atoms with E-state index in [4.69, 9.17) is 16.3 Å². The van der Waals surface area contributed by atoms with Gasteiger partial charge in [-0.25, -0.2) is 9.86 Å². The van der Waals surface area contributed by atoms with Crippen LogP contribution in [0.2, 0.25) is 0 Å². The largest absolute Gasteiger partial charge is 0.375 e. The van der Waals surface area contributed by atoms with Gasteiger partial charge in [0.2, 0.25) is 0 Å². The summed E-state index contributed by atoms with van der Waals surface area (Å²) in [5.41, 5.74) is 13.8. The van der Waals surface area contributed by atoms with E-state index in [1.54, 1.807) is 0 Å². The van der Waals surface area contributed by atoms with Crippen molar-refractivity contribution >= 4 is 18.1 Å². The van der Waals surface area contributed by atoms with Gasteiger partial charge in [-0.1, -0.05) is 175 Å². The van der Waals surface area contributed by atoms with Crippen LogP contribution in [0.5, 0.6) is 0 Å². The third kappa shape index (κ3) is 18.4. The van der Waals surface area contributed by atoms with Gasteiger partial charge in [0.1, 0.15) is 12.1 Å². The molecule has 74 heavy (non-hydrogen) atoms. The van der Waals surface area contributed by atoms with Crippen molar-refractivity contribution in [1.29, 1.82) is 10.5 Å². The van der Waals surface area contributed by atoms with Gasteiger partial charge in [-0.2, -0.15) is 10.5 Å². The lowest BCUT2D eigenvalue weighted by Gasteiger charge is -2.30. The third-order valence-electron chi connectivity index (χ3n) is 15.2. The Hall–Kier alpha value is -7.17. The summed E-state index contributed by atoms with van der Waals surface area (Å²) in [6.07, 6.45) is 22.9. The first-order chi connectivity index (χ1) is 36.1. The maximum Gasteiger partial charge on any atom is 0.338 e. The van der Waals surface area contributed by atoms with E-state index in [2.05, 4.69) is 133 Å². The monoisotopic (exact) mass is 991 g/mol. The quantitative estimate of drug-likeness (QED) is 0.0457. The molecule has 2 fully saturated rings. The number of nitrogens with two attached hydrogens (primary N) is 1. The fourth-order valence-electron chi connectivity index (χ4n) is 10.5. The minimum Gasteiger partial charge on any atom is -0.375 e. The number of carbonyl (C=O) groups excluding carboxylic acids is 3. The number of primary amides is 1. The second kappa shape index (κ2) is 30.1. The number of aliphatic hydroxyl groups is 1. The van der Waals surface area contributed by atoms with Crippen molar-refractivity contribution in [1.82, 2.24) is 5.06 Å². The van der Waals surface area contributed by atoms with Gasteiger partial charge in [-0.15, -0.1) is 0 Å². The molecule has 10 rings (SSSR count). The van der Waals surface area contributed by atoms with E-state index in [1.165, 1.54) is 27.8 Å². The maximum absolute atomic E-state index is 11.0. The summed E-state index contributed by atoms with van der Waals surface area (Å²) < 4.78 is 0. The zero-order chi connectivity index (χ0) is 52.4. The number of hydroxylamine groups is 2. The van der Waals surface area contributed by atoms with Gasteiger partial charge >= 0.3 is 6.03 Å². The summed E-state index contributed by atoms with van der Waals surface area (Å²) in [6.45, 7) is 0.219. The number of nitrogens with zero attached hydrogens (tertiary/aromatic N) is 3. The number of Topliss-reactive ketones (excluding diaryl/α,β-unsaturated/α-hetero) is 1. The van der Waals surface area contributed by atoms with Crippen LogP contribution in [0, 0.1) is 22.7 Å². The van der Waals surface area contributed by atoms with Gasteiger partial charge in [0.25, 0.3) is 0 Å². The van der Waals surface area contributed by atoms with Gasteiger partial charge in [0.05, 0.1) is 18.7 Å². The van der Waals surface area contributed by atoms with Gasteiger partial charge in [0, 0.05) is 18.4 Å². The van der Waals surface area contributed by atoms with Crippen LogP contribution in [-0.2, 0) is 9.59 Å². The summed E-state index contributed by atoms with van der Waals surface area (Å²) in [5, 5.41) is 37.2. The van der Waals surface area contributed by atoms with Gasteiger partial charge < -0.3 is 10.8 Å². The van der Waals surface area contributed by atoms with E-state index >= 15 is 0 Å². The molecule has 5 aliphatic rings. The molecule has 5 aromatic carbocycles. The standard InChI is InChI=1S/C14H18N2O2.C13H15NO.C13H13N.C13H14O.C12H14O/c15-14(17)16(18)10-11-6-8-13(9-7-11)12-4-2-1-3-5-12;14-10-13(15)8-6-12(7-9-13)11-4-2-1-3-5-11;2*14-10-11-6-8-13(9-7-11)12-4-2-1-3-5-12;13-12-8-6-11(7-9-12)10-4-2-1-3-5-10/h1-6,13,18H,7-10H2,(H2,15,17);1-5,12,15H,6-9H2;1-6,13H,7-9H2;1-6,10,13H,7-9H2;1-5,11H,6-9H2. The summed E-state index contributed by atoms with van der Waals surface area (Å²) in [4.78, 5) is 32.3. The van der Waals surface area contributed by atoms with Crippen molar-refractivity contribution in [2.24, 2.45) is 5.73 Å². The lowest BCUT2D eigenvalue weighted by Crippen LogP contribution is -2.34. The van der Waals surface area contributed by atoms with Crippen LogP contribution in [-0.4, -0.2) is 45.6 Å².